The van der Waals surface area contributed by atoms with E-state index >= 15 is 0 Å². The highest BCUT2D eigenvalue weighted by Gasteiger charge is 2.60. The minimum absolute atomic E-state index is 0.418. The van der Waals surface area contributed by atoms with Crippen molar-refractivity contribution >= 4 is 23.4 Å². The van der Waals surface area contributed by atoms with Gasteiger partial charge >= 0.3 is 6.09 Å². The molecule has 1 aliphatic heterocycles. The van der Waals surface area contributed by atoms with Gasteiger partial charge in [0.2, 0.25) is 0 Å². The van der Waals surface area contributed by atoms with E-state index in [1.807, 2.05) is 58.1 Å². The Morgan fingerprint density at radius 2 is 1.91 bits per heavy atom. The van der Waals surface area contributed by atoms with Crippen molar-refractivity contribution < 1.29 is 19.0 Å². The largest absolute Gasteiger partial charge is 0.444 e. The molecule has 2 aliphatic carbocycles. The number of pyridine rings is 1. The molecule has 6 N–H and O–H groups in total. The first-order valence-electron chi connectivity index (χ1n) is 14.4. The molecule has 0 bridgehead atoms. The summed E-state index contributed by atoms with van der Waals surface area (Å²) in [5, 5.41) is 3.06. The van der Waals surface area contributed by atoms with E-state index in [2.05, 4.69) is 48.7 Å². The Hall–Kier alpha value is -4.10. The number of hydrogen-bond donors (Lipinski definition) is 4. The zero-order chi connectivity index (χ0) is 31.5. The molecule has 1 aromatic heterocycles. The van der Waals surface area contributed by atoms with Crippen LogP contribution in [0.15, 0.2) is 61.4 Å². The van der Waals surface area contributed by atoms with Gasteiger partial charge in [0.25, 0.3) is 0 Å². The van der Waals surface area contributed by atoms with Gasteiger partial charge in [-0.05, 0) is 68.8 Å². The van der Waals surface area contributed by atoms with E-state index in [9.17, 15) is 4.79 Å². The number of rotatable bonds is 9. The summed E-state index contributed by atoms with van der Waals surface area (Å²) >= 11 is 0. The Morgan fingerprint density at radius 1 is 1.21 bits per heavy atom. The summed E-state index contributed by atoms with van der Waals surface area (Å²) in [6.45, 7) is 19.0. The average Bonchev–Trinajstić information content (AvgIpc) is 3.41. The van der Waals surface area contributed by atoms with Crippen LogP contribution in [0.5, 0.6) is 0 Å². The highest BCUT2D eigenvalue weighted by molar-refractivity contribution is 5.80. The molecule has 1 saturated heterocycles. The van der Waals surface area contributed by atoms with Crippen LogP contribution >= 0.6 is 0 Å². The van der Waals surface area contributed by atoms with Gasteiger partial charge in [-0.25, -0.2) is 9.78 Å². The van der Waals surface area contributed by atoms with Crippen LogP contribution in [0.4, 0.5) is 4.79 Å². The van der Waals surface area contributed by atoms with Crippen LogP contribution in [0.25, 0.3) is 17.3 Å². The van der Waals surface area contributed by atoms with Gasteiger partial charge in [-0.2, -0.15) is 0 Å². The number of hydrazine groups is 1. The highest BCUT2D eigenvalue weighted by Crippen LogP contribution is 2.51. The van der Waals surface area contributed by atoms with E-state index in [-0.39, 0.29) is 0 Å². The van der Waals surface area contributed by atoms with Crippen molar-refractivity contribution in [2.45, 2.75) is 76.2 Å². The third-order valence-electron chi connectivity index (χ3n) is 7.87. The second-order valence-electron chi connectivity index (χ2n) is 12.3. The van der Waals surface area contributed by atoms with Crippen LogP contribution in [0.3, 0.4) is 0 Å². The Balaban J connectivity index is 1.73. The van der Waals surface area contributed by atoms with Crippen molar-refractivity contribution in [3.05, 3.63) is 83.9 Å². The third-order valence-corrected chi connectivity index (χ3v) is 7.87. The molecule has 2 fully saturated rings. The molecule has 228 valence electrons. The van der Waals surface area contributed by atoms with E-state index in [4.69, 9.17) is 30.8 Å². The number of ether oxygens (including phenoxy) is 3. The quantitative estimate of drug-likeness (QED) is 0.138. The van der Waals surface area contributed by atoms with Crippen molar-refractivity contribution in [1.29, 1.82) is 0 Å². The lowest BCUT2D eigenvalue weighted by Crippen LogP contribution is -2.66. The fourth-order valence-electron chi connectivity index (χ4n) is 5.61. The molecule has 1 atom stereocenters. The molecule has 1 spiro atoms. The normalized spacial score (nSPS) is 22.2. The van der Waals surface area contributed by atoms with Gasteiger partial charge in [-0.3, -0.25) is 5.84 Å². The Morgan fingerprint density at radius 3 is 2.47 bits per heavy atom. The predicted molar refractivity (Wildman–Crippen MR) is 171 cm³/mol. The van der Waals surface area contributed by atoms with E-state index < -0.39 is 28.4 Å². The van der Waals surface area contributed by atoms with Crippen molar-refractivity contribution in [3.63, 3.8) is 0 Å². The predicted octanol–water partition coefficient (Wildman–Crippen LogP) is 4.98. The van der Waals surface area contributed by atoms with Crippen molar-refractivity contribution in [1.82, 2.24) is 15.7 Å². The zero-order valence-corrected chi connectivity index (χ0v) is 25.8. The third kappa shape index (κ3) is 6.78. The first-order chi connectivity index (χ1) is 20.3. The summed E-state index contributed by atoms with van der Waals surface area (Å²) in [6, 6.07) is 2.04. The average molecular weight is 586 g/mol. The topological polar surface area (TPSA) is 134 Å². The molecule has 3 aliphatic rings. The van der Waals surface area contributed by atoms with Crippen LogP contribution < -0.4 is 22.3 Å². The van der Waals surface area contributed by atoms with E-state index in [1.54, 1.807) is 6.08 Å². The van der Waals surface area contributed by atoms with Crippen LogP contribution in [0, 0.1) is 11.8 Å². The summed E-state index contributed by atoms with van der Waals surface area (Å²) in [4.78, 5) is 18.0. The number of carbonyl (C=O) groups excluding carboxylic acids is 1. The lowest BCUT2D eigenvalue weighted by atomic mass is 9.67. The summed E-state index contributed by atoms with van der Waals surface area (Å²) in [5.74, 6) is 11.3. The zero-order valence-electron chi connectivity index (χ0n) is 25.8. The Labute approximate surface area is 254 Å². The van der Waals surface area contributed by atoms with E-state index in [0.717, 1.165) is 22.4 Å². The summed E-state index contributed by atoms with van der Waals surface area (Å²) in [7, 11) is 0. The molecule has 2 heterocycles. The fourth-order valence-corrected chi connectivity index (χ4v) is 5.61. The first-order valence-corrected chi connectivity index (χ1v) is 14.4. The maximum absolute atomic E-state index is 12.9. The Bertz CT molecular complexity index is 1470. The number of aromatic nitrogens is 1. The van der Waals surface area contributed by atoms with Crippen LogP contribution in [0.1, 0.15) is 76.4 Å². The molecule has 43 heavy (non-hydrogen) atoms. The standard InChI is InChI=1S/C34H43N5O4/c1-8-25(13-12-23(2)33(38-30(40)43-31(4,5)6)21-34(22-33)41-18-19-42-34)29-27(32(7)15-10-9-11-16-32)20-26(24(3)39-36)28(37-29)14-17-35/h8,10,12-15,17,20,39H,2-3,16,18-19,21-22,35-36H2,1,4-7H3,(H,38,40)/b13-12-,17-14-,25-8+/t32-/m1/s1. The maximum atomic E-state index is 12.9. The number of amides is 1. The van der Waals surface area contributed by atoms with Gasteiger partial charge in [-0.1, -0.05) is 56.2 Å². The number of hydrogen-bond acceptors (Lipinski definition) is 8. The molecule has 9 nitrogen and oxygen atoms in total. The molecular formula is C34H43N5O4. The molecule has 1 aromatic rings. The van der Waals surface area contributed by atoms with Crippen molar-refractivity contribution in [2.24, 2.45) is 11.6 Å². The summed E-state index contributed by atoms with van der Waals surface area (Å²) in [6.07, 6.45) is 13.9. The van der Waals surface area contributed by atoms with Gasteiger partial charge in [0.1, 0.15) is 5.60 Å². The van der Waals surface area contributed by atoms with Crippen LogP contribution in [-0.2, 0) is 19.6 Å². The molecule has 9 heteroatoms. The van der Waals surface area contributed by atoms with Crippen LogP contribution in [0.2, 0.25) is 0 Å². The minimum Gasteiger partial charge on any atom is -0.444 e. The number of carbonyl (C=O) groups is 1. The second kappa shape index (κ2) is 12.3. The number of nitrogens with zero attached hydrogens (tertiary/aromatic N) is 1. The van der Waals surface area contributed by atoms with Gasteiger partial charge in [0, 0.05) is 30.2 Å². The molecular weight excluding hydrogens is 542 g/mol. The number of allylic oxidation sites excluding steroid dienone is 5. The maximum Gasteiger partial charge on any atom is 0.408 e. The monoisotopic (exact) mass is 585 g/mol. The molecule has 0 unspecified atom stereocenters. The number of nitrogens with one attached hydrogen (secondary N) is 2. The molecule has 1 saturated carbocycles. The van der Waals surface area contributed by atoms with Gasteiger partial charge < -0.3 is 30.7 Å². The smallest absolute Gasteiger partial charge is 0.408 e. The Kier molecular flexibility index (Phi) is 9.07. The lowest BCUT2D eigenvalue weighted by molar-refractivity contribution is -0.234. The molecule has 0 aromatic carbocycles. The summed E-state index contributed by atoms with van der Waals surface area (Å²) < 4.78 is 17.4. The van der Waals surface area contributed by atoms with Crippen LogP contribution in [-0.4, -0.2) is 41.2 Å². The SMILES string of the molecule is C=C(NN)c1cc([C@]2(C)C=CC#CC2)c(C(/C=C\C(=C)C2(NC(=O)OC(C)(C)C)CC3(C2)OCCO3)=C/C)nc1/C=C\N. The van der Waals surface area contributed by atoms with Gasteiger partial charge in [0.05, 0.1) is 35.8 Å². The fraction of sp³-hybridized carbons (Fsp3) is 0.412. The lowest BCUT2D eigenvalue weighted by Gasteiger charge is -2.53. The first kappa shape index (κ1) is 31.8. The van der Waals surface area contributed by atoms with E-state index in [1.165, 1.54) is 6.20 Å². The van der Waals surface area contributed by atoms with E-state index in [0.29, 0.717) is 49.4 Å². The summed E-state index contributed by atoms with van der Waals surface area (Å²) in [5.41, 5.74) is 11.7. The highest BCUT2D eigenvalue weighted by atomic mass is 16.7. The van der Waals surface area contributed by atoms with Gasteiger partial charge in [-0.15, -0.1) is 0 Å². The molecule has 4 rings (SSSR count). The van der Waals surface area contributed by atoms with Crippen molar-refractivity contribution in [2.75, 3.05) is 13.2 Å². The number of nitrogens with two attached hydrogens (primary N) is 2. The van der Waals surface area contributed by atoms with Crippen molar-refractivity contribution in [3.8, 4) is 11.8 Å². The second-order valence-corrected chi connectivity index (χ2v) is 12.3. The van der Waals surface area contributed by atoms with Gasteiger partial charge in [0.15, 0.2) is 5.79 Å². The number of alkyl carbamates (subject to hydrolysis) is 1. The molecule has 0 radical (unpaired) electrons. The molecule has 1 amide bonds. The minimum atomic E-state index is -0.798.